The van der Waals surface area contributed by atoms with Crippen molar-refractivity contribution in [3.8, 4) is 11.3 Å². The molecule has 0 bridgehead atoms. The quantitative estimate of drug-likeness (QED) is 0.524. The zero-order chi connectivity index (χ0) is 21.9. The number of para-hydroxylation sites is 1. The Kier molecular flexibility index (Phi) is 6.53. The van der Waals surface area contributed by atoms with Crippen molar-refractivity contribution in [3.05, 3.63) is 64.6 Å². The first kappa shape index (κ1) is 21.6. The lowest BCUT2D eigenvalue weighted by Crippen LogP contribution is -2.50. The zero-order valence-electron chi connectivity index (χ0n) is 18.3. The molecule has 2 aliphatic rings. The van der Waals surface area contributed by atoms with Crippen LogP contribution in [0.1, 0.15) is 23.2 Å². The summed E-state index contributed by atoms with van der Waals surface area (Å²) >= 11 is 3.49. The van der Waals surface area contributed by atoms with E-state index in [1.54, 1.807) is 0 Å². The highest BCUT2D eigenvalue weighted by Crippen LogP contribution is 2.27. The number of halogens is 1. The average Bonchev–Trinajstić information content (AvgIpc) is 3.36. The maximum absolute atomic E-state index is 13.6. The van der Waals surface area contributed by atoms with E-state index in [0.29, 0.717) is 0 Å². The summed E-state index contributed by atoms with van der Waals surface area (Å²) in [6.07, 6.45) is 2.68. The zero-order valence-corrected chi connectivity index (χ0v) is 19.9. The van der Waals surface area contributed by atoms with Crippen LogP contribution in [0, 0.1) is 0 Å². The number of benzene rings is 2. The number of aromatic nitrogens is 1. The van der Waals surface area contributed by atoms with E-state index < -0.39 is 0 Å². The van der Waals surface area contributed by atoms with Crippen molar-refractivity contribution in [3.63, 3.8) is 0 Å². The van der Waals surface area contributed by atoms with Crippen molar-refractivity contribution in [2.24, 2.45) is 0 Å². The molecule has 32 heavy (non-hydrogen) atoms. The van der Waals surface area contributed by atoms with Crippen molar-refractivity contribution in [2.45, 2.75) is 12.8 Å². The molecule has 0 radical (unpaired) electrons. The van der Waals surface area contributed by atoms with E-state index in [9.17, 15) is 4.79 Å². The molecule has 5 nitrogen and oxygen atoms in total. The number of fused-ring (bicyclic) bond motifs is 1. The number of hydrogen-bond acceptors (Lipinski definition) is 4. The molecular weight excluding hydrogens is 464 g/mol. The third-order valence-corrected chi connectivity index (χ3v) is 7.21. The molecule has 5 rings (SSSR count). The first-order valence-corrected chi connectivity index (χ1v) is 12.4. The van der Waals surface area contributed by atoms with Gasteiger partial charge in [-0.25, -0.2) is 4.98 Å². The molecule has 6 heteroatoms. The van der Waals surface area contributed by atoms with E-state index in [4.69, 9.17) is 4.98 Å². The first-order valence-electron chi connectivity index (χ1n) is 11.6. The summed E-state index contributed by atoms with van der Waals surface area (Å²) in [6.45, 7) is 8.20. The van der Waals surface area contributed by atoms with Crippen LogP contribution in [0.4, 0.5) is 0 Å². The normalized spacial score (nSPS) is 17.8. The predicted molar refractivity (Wildman–Crippen MR) is 133 cm³/mol. The Bertz CT molecular complexity index is 1090. The summed E-state index contributed by atoms with van der Waals surface area (Å²) in [6, 6.07) is 18.0. The molecule has 1 amide bonds. The minimum atomic E-state index is 0.112. The maximum atomic E-state index is 13.6. The second kappa shape index (κ2) is 9.69. The second-order valence-corrected chi connectivity index (χ2v) is 9.68. The lowest BCUT2D eigenvalue weighted by Gasteiger charge is -2.35. The molecule has 1 aromatic heterocycles. The fourth-order valence-corrected chi connectivity index (χ4v) is 5.02. The number of nitrogens with zero attached hydrogens (tertiary/aromatic N) is 4. The Balaban J connectivity index is 1.33. The van der Waals surface area contributed by atoms with Crippen molar-refractivity contribution in [1.82, 2.24) is 19.7 Å². The Morgan fingerprint density at radius 2 is 1.50 bits per heavy atom. The molecule has 166 valence electrons. The van der Waals surface area contributed by atoms with Gasteiger partial charge in [-0.15, -0.1) is 0 Å². The molecule has 3 aromatic rings. The third kappa shape index (κ3) is 4.72. The molecule has 3 heterocycles. The highest BCUT2D eigenvalue weighted by Gasteiger charge is 2.25. The number of carbonyl (C=O) groups excluding carboxylic acids is 1. The number of piperazine rings is 1. The van der Waals surface area contributed by atoms with Gasteiger partial charge in [0.2, 0.25) is 0 Å². The van der Waals surface area contributed by atoms with Crippen LogP contribution in [-0.2, 0) is 0 Å². The Morgan fingerprint density at radius 3 is 2.22 bits per heavy atom. The summed E-state index contributed by atoms with van der Waals surface area (Å²) in [5.74, 6) is 0.112. The van der Waals surface area contributed by atoms with Gasteiger partial charge in [0.05, 0.1) is 16.8 Å². The molecule has 0 unspecified atom stereocenters. The number of hydrogen-bond donors (Lipinski definition) is 0. The molecule has 2 aromatic carbocycles. The largest absolute Gasteiger partial charge is 0.336 e. The standard InChI is InChI=1S/C26H29BrN4O/c27-21-9-7-20(8-10-21)25-19-23(22-5-1-2-6-24(22)28-25)26(32)31-17-15-30(16-18-31)14-13-29-11-3-4-12-29/h1-2,5-10,19H,3-4,11-18H2. The summed E-state index contributed by atoms with van der Waals surface area (Å²) in [4.78, 5) is 25.5. The van der Waals surface area contributed by atoms with E-state index in [2.05, 4.69) is 25.7 Å². The molecular formula is C26H29BrN4O. The minimum Gasteiger partial charge on any atom is -0.336 e. The van der Waals surface area contributed by atoms with E-state index >= 15 is 0 Å². The van der Waals surface area contributed by atoms with Gasteiger partial charge < -0.3 is 9.80 Å². The van der Waals surface area contributed by atoms with E-state index in [1.807, 2.05) is 59.5 Å². The summed E-state index contributed by atoms with van der Waals surface area (Å²) in [7, 11) is 0. The molecule has 0 aliphatic carbocycles. The topological polar surface area (TPSA) is 39.7 Å². The Hall–Kier alpha value is -2.28. The van der Waals surface area contributed by atoms with Gasteiger partial charge >= 0.3 is 0 Å². The van der Waals surface area contributed by atoms with Crippen LogP contribution >= 0.6 is 15.9 Å². The van der Waals surface area contributed by atoms with Gasteiger partial charge in [-0.2, -0.15) is 0 Å². The molecule has 0 saturated carbocycles. The van der Waals surface area contributed by atoms with Crippen LogP contribution < -0.4 is 0 Å². The number of rotatable bonds is 5. The van der Waals surface area contributed by atoms with Gasteiger partial charge in [0, 0.05) is 54.7 Å². The smallest absolute Gasteiger partial charge is 0.254 e. The van der Waals surface area contributed by atoms with Crippen LogP contribution in [0.5, 0.6) is 0 Å². The number of likely N-dealkylation sites (tertiary alicyclic amines) is 1. The van der Waals surface area contributed by atoms with Gasteiger partial charge in [-0.3, -0.25) is 9.69 Å². The fraction of sp³-hybridized carbons (Fsp3) is 0.385. The number of carbonyl (C=O) groups is 1. The molecule has 2 aliphatic heterocycles. The fourth-order valence-electron chi connectivity index (χ4n) is 4.75. The molecule has 0 atom stereocenters. The van der Waals surface area contributed by atoms with Crippen LogP contribution in [0.25, 0.3) is 22.2 Å². The van der Waals surface area contributed by atoms with Crippen LogP contribution in [0.3, 0.4) is 0 Å². The molecule has 2 fully saturated rings. The molecule has 0 spiro atoms. The van der Waals surface area contributed by atoms with Gasteiger partial charge in [-0.05, 0) is 50.2 Å². The van der Waals surface area contributed by atoms with Gasteiger partial charge in [0.25, 0.3) is 5.91 Å². The molecule has 2 saturated heterocycles. The average molecular weight is 493 g/mol. The van der Waals surface area contributed by atoms with E-state index in [-0.39, 0.29) is 5.91 Å². The lowest BCUT2D eigenvalue weighted by molar-refractivity contribution is 0.0628. The summed E-state index contributed by atoms with van der Waals surface area (Å²) in [5.41, 5.74) is 3.46. The van der Waals surface area contributed by atoms with Crippen molar-refractivity contribution in [2.75, 3.05) is 52.4 Å². The van der Waals surface area contributed by atoms with Crippen LogP contribution in [0.2, 0.25) is 0 Å². The number of amides is 1. The van der Waals surface area contributed by atoms with Crippen molar-refractivity contribution >= 4 is 32.7 Å². The summed E-state index contributed by atoms with van der Waals surface area (Å²) < 4.78 is 1.03. The molecule has 0 N–H and O–H groups in total. The van der Waals surface area contributed by atoms with E-state index in [1.165, 1.54) is 25.9 Å². The first-order chi connectivity index (χ1) is 15.7. The third-order valence-electron chi connectivity index (χ3n) is 6.68. The van der Waals surface area contributed by atoms with Crippen molar-refractivity contribution in [1.29, 1.82) is 0 Å². The minimum absolute atomic E-state index is 0.112. The predicted octanol–water partition coefficient (Wildman–Crippen LogP) is 4.52. The summed E-state index contributed by atoms with van der Waals surface area (Å²) in [5, 5.41) is 0.926. The van der Waals surface area contributed by atoms with E-state index in [0.717, 1.165) is 71.5 Å². The SMILES string of the molecule is O=C(c1cc(-c2ccc(Br)cc2)nc2ccccc12)N1CCN(CCN2CCCC2)CC1. The van der Waals surface area contributed by atoms with Crippen LogP contribution in [0.15, 0.2) is 59.1 Å². The van der Waals surface area contributed by atoms with Crippen molar-refractivity contribution < 1.29 is 4.79 Å². The highest BCUT2D eigenvalue weighted by atomic mass is 79.9. The lowest BCUT2D eigenvalue weighted by atomic mass is 10.0. The Morgan fingerprint density at radius 1 is 0.844 bits per heavy atom. The number of pyridine rings is 1. The van der Waals surface area contributed by atoms with Gasteiger partial charge in [0.15, 0.2) is 0 Å². The van der Waals surface area contributed by atoms with Gasteiger partial charge in [0.1, 0.15) is 0 Å². The monoisotopic (exact) mass is 492 g/mol. The van der Waals surface area contributed by atoms with Gasteiger partial charge in [-0.1, -0.05) is 46.3 Å². The maximum Gasteiger partial charge on any atom is 0.254 e. The van der Waals surface area contributed by atoms with Crippen LogP contribution in [-0.4, -0.2) is 77.9 Å². The Labute approximate surface area is 198 Å². The second-order valence-electron chi connectivity index (χ2n) is 8.76. The highest BCUT2D eigenvalue weighted by molar-refractivity contribution is 9.10.